The zero-order valence-electron chi connectivity index (χ0n) is 13.7. The van der Waals surface area contributed by atoms with E-state index in [1.165, 1.54) is 12.1 Å². The lowest BCUT2D eigenvalue weighted by Crippen LogP contribution is -2.27. The first-order valence-corrected chi connectivity index (χ1v) is 9.48. The van der Waals surface area contributed by atoms with Gasteiger partial charge < -0.3 is 14.8 Å². The van der Waals surface area contributed by atoms with Crippen LogP contribution in [0.2, 0.25) is 0 Å². The second-order valence-electron chi connectivity index (χ2n) is 5.59. The first kappa shape index (κ1) is 19.6. The first-order valence-electron chi connectivity index (χ1n) is 7.42. The highest BCUT2D eigenvalue weighted by molar-refractivity contribution is 9.10. The second kappa shape index (κ2) is 8.55. The molecule has 2 rings (SSSR count). The highest BCUT2D eigenvalue weighted by Crippen LogP contribution is 2.23. The molecule has 0 saturated heterocycles. The fourth-order valence-electron chi connectivity index (χ4n) is 2.28. The average molecular weight is 429 g/mol. The largest absolute Gasteiger partial charge is 0.361 e. The Kier molecular flexibility index (Phi) is 6.69. The maximum atomic E-state index is 13.0. The van der Waals surface area contributed by atoms with E-state index in [9.17, 15) is 13.4 Å². The number of anilines is 1. The van der Waals surface area contributed by atoms with Crippen LogP contribution in [0.4, 0.5) is 10.1 Å². The molecule has 0 radical (unpaired) electrons. The number of benzene rings is 2. The lowest BCUT2D eigenvalue weighted by Gasteiger charge is -2.19. The number of nitrogens with one attached hydrogen (secondary N) is 1. The monoisotopic (exact) mass is 428 g/mol. The van der Waals surface area contributed by atoms with E-state index in [-0.39, 0.29) is 23.6 Å². The van der Waals surface area contributed by atoms with Crippen molar-refractivity contribution in [2.75, 3.05) is 17.8 Å². The van der Waals surface area contributed by atoms with Crippen LogP contribution in [0.5, 0.6) is 0 Å². The molecule has 0 heterocycles. The fourth-order valence-corrected chi connectivity index (χ4v) is 3.24. The standard InChI is InChI=1S/C17H18BrFN2O3S/c1-11(12-3-5-15(19)6-4-12)20-17(22)13-7-14(18)9-16(8-13)21(2)10-25(23)24/h3-9,11H,10H2,1-2H3,(H,20,22)(H,23,24)/t11-/m1/s1. The van der Waals surface area contributed by atoms with Crippen LogP contribution in [0.15, 0.2) is 46.9 Å². The van der Waals surface area contributed by atoms with Gasteiger partial charge in [-0.3, -0.25) is 4.79 Å². The molecule has 0 spiro atoms. The van der Waals surface area contributed by atoms with Crippen LogP contribution in [-0.2, 0) is 11.1 Å². The lowest BCUT2D eigenvalue weighted by atomic mass is 10.1. The van der Waals surface area contributed by atoms with Crippen LogP contribution in [0.25, 0.3) is 0 Å². The number of hydrogen-bond acceptors (Lipinski definition) is 3. The van der Waals surface area contributed by atoms with Gasteiger partial charge in [-0.05, 0) is 42.8 Å². The summed E-state index contributed by atoms with van der Waals surface area (Å²) in [5, 5.41) is 2.86. The summed E-state index contributed by atoms with van der Waals surface area (Å²) in [7, 11) is 1.67. The molecule has 5 nitrogen and oxygen atoms in total. The topological polar surface area (TPSA) is 69.6 Å². The van der Waals surface area contributed by atoms with Crippen LogP contribution in [0.3, 0.4) is 0 Å². The van der Waals surface area contributed by atoms with Crippen molar-refractivity contribution in [3.05, 3.63) is 63.9 Å². The summed E-state index contributed by atoms with van der Waals surface area (Å²) in [6, 6.07) is 10.7. The van der Waals surface area contributed by atoms with Gasteiger partial charge in [0.05, 0.1) is 6.04 Å². The Morgan fingerprint density at radius 2 is 1.96 bits per heavy atom. The number of halogens is 2. The third-order valence-corrected chi connectivity index (χ3v) is 4.67. The van der Waals surface area contributed by atoms with Gasteiger partial charge in [-0.2, -0.15) is 0 Å². The van der Waals surface area contributed by atoms with E-state index in [1.807, 2.05) is 6.92 Å². The molecule has 8 heteroatoms. The number of carbonyl (C=O) groups excluding carboxylic acids is 1. The van der Waals surface area contributed by atoms with E-state index in [0.29, 0.717) is 15.7 Å². The Morgan fingerprint density at radius 1 is 1.32 bits per heavy atom. The number of rotatable bonds is 6. The Bertz CT molecular complexity index is 786. The molecule has 134 valence electrons. The zero-order chi connectivity index (χ0) is 18.6. The first-order chi connectivity index (χ1) is 11.8. The lowest BCUT2D eigenvalue weighted by molar-refractivity contribution is 0.0940. The molecule has 2 aromatic rings. The van der Waals surface area contributed by atoms with E-state index in [0.717, 1.165) is 5.56 Å². The van der Waals surface area contributed by atoms with Crippen molar-refractivity contribution in [1.82, 2.24) is 5.32 Å². The molecule has 0 aliphatic rings. The number of nitrogens with zero attached hydrogens (tertiary/aromatic N) is 1. The summed E-state index contributed by atoms with van der Waals surface area (Å²) < 4.78 is 33.7. The smallest absolute Gasteiger partial charge is 0.251 e. The quantitative estimate of drug-likeness (QED) is 0.688. The Hall–Kier alpha value is -1.77. The Morgan fingerprint density at radius 3 is 2.56 bits per heavy atom. The fraction of sp³-hybridized carbons (Fsp3) is 0.235. The Labute approximate surface area is 156 Å². The highest BCUT2D eigenvalue weighted by Gasteiger charge is 2.14. The molecule has 0 aliphatic heterocycles. The molecule has 0 bridgehead atoms. The van der Waals surface area contributed by atoms with Gasteiger partial charge in [0.1, 0.15) is 11.7 Å². The summed E-state index contributed by atoms with van der Waals surface area (Å²) >= 11 is 1.37. The minimum absolute atomic E-state index is 0.0660. The molecule has 0 fully saturated rings. The minimum atomic E-state index is -1.98. The normalized spacial score (nSPS) is 13.2. The molecule has 25 heavy (non-hydrogen) atoms. The second-order valence-corrected chi connectivity index (χ2v) is 7.41. The molecule has 0 aliphatic carbocycles. The molecule has 0 aromatic heterocycles. The SMILES string of the molecule is C[C@@H](NC(=O)c1cc(Br)cc(N(C)CS(=O)O)c1)c1ccc(F)cc1. The summed E-state index contributed by atoms with van der Waals surface area (Å²) in [4.78, 5) is 14.1. The molecule has 0 saturated carbocycles. The molecular weight excluding hydrogens is 411 g/mol. The summed E-state index contributed by atoms with van der Waals surface area (Å²) in [5.74, 6) is -0.690. The third-order valence-electron chi connectivity index (χ3n) is 3.61. The van der Waals surface area contributed by atoms with Crippen molar-refractivity contribution in [1.29, 1.82) is 0 Å². The van der Waals surface area contributed by atoms with Gasteiger partial charge in [-0.15, -0.1) is 0 Å². The van der Waals surface area contributed by atoms with Gasteiger partial charge in [0, 0.05) is 22.8 Å². The van der Waals surface area contributed by atoms with Crippen LogP contribution in [0.1, 0.15) is 28.9 Å². The van der Waals surface area contributed by atoms with Crippen molar-refractivity contribution in [2.24, 2.45) is 0 Å². The van der Waals surface area contributed by atoms with Crippen LogP contribution < -0.4 is 10.2 Å². The van der Waals surface area contributed by atoms with Crippen molar-refractivity contribution in [2.45, 2.75) is 13.0 Å². The van der Waals surface area contributed by atoms with Crippen molar-refractivity contribution >= 4 is 38.6 Å². The molecule has 1 unspecified atom stereocenters. The van der Waals surface area contributed by atoms with E-state index in [4.69, 9.17) is 4.55 Å². The Balaban J connectivity index is 2.16. The summed E-state index contributed by atoms with van der Waals surface area (Å²) in [6.07, 6.45) is 0. The van der Waals surface area contributed by atoms with Gasteiger partial charge >= 0.3 is 0 Å². The third kappa shape index (κ3) is 5.62. The number of hydrogen-bond donors (Lipinski definition) is 2. The van der Waals surface area contributed by atoms with Gasteiger partial charge in [0.15, 0.2) is 11.1 Å². The van der Waals surface area contributed by atoms with E-state index < -0.39 is 11.1 Å². The minimum Gasteiger partial charge on any atom is -0.361 e. The number of amides is 1. The van der Waals surface area contributed by atoms with Crippen molar-refractivity contribution in [3.63, 3.8) is 0 Å². The van der Waals surface area contributed by atoms with E-state index in [1.54, 1.807) is 42.3 Å². The summed E-state index contributed by atoms with van der Waals surface area (Å²) in [5.41, 5.74) is 1.84. The van der Waals surface area contributed by atoms with Gasteiger partial charge in [-0.25, -0.2) is 8.60 Å². The molecule has 1 amide bonds. The predicted octanol–water partition coefficient (Wildman–Crippen LogP) is 3.69. The zero-order valence-corrected chi connectivity index (χ0v) is 16.1. The summed E-state index contributed by atoms with van der Waals surface area (Å²) in [6.45, 7) is 1.81. The molecule has 2 aromatic carbocycles. The van der Waals surface area contributed by atoms with Crippen LogP contribution in [0, 0.1) is 5.82 Å². The predicted molar refractivity (Wildman–Crippen MR) is 100 cm³/mol. The van der Waals surface area contributed by atoms with Gasteiger partial charge in [0.25, 0.3) is 5.91 Å². The molecule has 2 atom stereocenters. The maximum absolute atomic E-state index is 13.0. The molecular formula is C17H18BrFN2O3S. The van der Waals surface area contributed by atoms with E-state index in [2.05, 4.69) is 21.2 Å². The van der Waals surface area contributed by atoms with Crippen LogP contribution in [-0.4, -0.2) is 27.6 Å². The maximum Gasteiger partial charge on any atom is 0.251 e. The van der Waals surface area contributed by atoms with Crippen molar-refractivity contribution < 1.29 is 17.9 Å². The van der Waals surface area contributed by atoms with Crippen molar-refractivity contribution in [3.8, 4) is 0 Å². The average Bonchev–Trinajstić information content (AvgIpc) is 2.54. The van der Waals surface area contributed by atoms with Gasteiger partial charge in [0.2, 0.25) is 0 Å². The molecule has 2 N–H and O–H groups in total. The highest BCUT2D eigenvalue weighted by atomic mass is 79.9. The number of carbonyl (C=O) groups is 1. The van der Waals surface area contributed by atoms with Crippen LogP contribution >= 0.6 is 15.9 Å². The van der Waals surface area contributed by atoms with E-state index >= 15 is 0 Å². The van der Waals surface area contributed by atoms with Gasteiger partial charge in [-0.1, -0.05) is 28.1 Å².